The Balaban J connectivity index is 2.60. The van der Waals surface area contributed by atoms with Crippen LogP contribution in [0.4, 0.5) is 19.2 Å². The molecule has 0 saturated heterocycles. The van der Waals surface area contributed by atoms with E-state index in [1.807, 2.05) is 0 Å². The highest BCUT2D eigenvalue weighted by Gasteiger charge is 2.22. The minimum atomic E-state index is -0.721. The van der Waals surface area contributed by atoms with E-state index in [-0.39, 0.29) is 18.0 Å². The van der Waals surface area contributed by atoms with Crippen molar-refractivity contribution < 1.29 is 33.4 Å². The second-order valence-electron chi connectivity index (χ2n) is 15.0. The topological polar surface area (TPSA) is 172 Å². The van der Waals surface area contributed by atoms with E-state index in [9.17, 15) is 19.2 Å². The normalized spacial score (nSPS) is 15.3. The van der Waals surface area contributed by atoms with Crippen LogP contribution in [0.1, 0.15) is 139 Å². The first-order valence-electron chi connectivity index (χ1n) is 17.5. The van der Waals surface area contributed by atoms with Crippen molar-refractivity contribution in [2.75, 3.05) is 26.2 Å². The second kappa shape index (κ2) is 21.4. The van der Waals surface area contributed by atoms with E-state index in [0.717, 1.165) is 77.0 Å². The maximum absolute atomic E-state index is 13.2. The number of hydrogen-bond donors (Lipinski definition) is 4. The Bertz CT molecular complexity index is 1040. The van der Waals surface area contributed by atoms with E-state index in [0.29, 0.717) is 26.2 Å². The predicted molar refractivity (Wildman–Crippen MR) is 188 cm³/mol. The summed E-state index contributed by atoms with van der Waals surface area (Å²) in [5.74, 6) is 0.0971. The molecule has 0 fully saturated rings. The summed E-state index contributed by atoms with van der Waals surface area (Å²) in [6.45, 7) is 18.0. The van der Waals surface area contributed by atoms with Crippen molar-refractivity contribution in [1.29, 1.82) is 0 Å². The number of alkyl carbamates (subject to hydrolysis) is 3. The van der Waals surface area contributed by atoms with Gasteiger partial charge in [-0.1, -0.05) is 51.4 Å². The number of carbonyl (C=O) groups is 4. The van der Waals surface area contributed by atoms with E-state index in [1.54, 1.807) is 67.2 Å². The van der Waals surface area contributed by atoms with E-state index in [2.05, 4.69) is 31.3 Å². The lowest BCUT2D eigenvalue weighted by atomic mass is 10.1. The maximum atomic E-state index is 13.2. The van der Waals surface area contributed by atoms with Gasteiger partial charge >= 0.3 is 24.3 Å². The quantitative estimate of drug-likeness (QED) is 0.0880. The van der Waals surface area contributed by atoms with Gasteiger partial charge in [-0.05, 0) is 88.0 Å². The van der Waals surface area contributed by atoms with Crippen LogP contribution in [0.15, 0.2) is 9.98 Å². The molecule has 0 aromatic heterocycles. The van der Waals surface area contributed by atoms with Crippen molar-refractivity contribution in [3.63, 3.8) is 0 Å². The number of carbonyl (C=O) groups excluding carboxylic acids is 4. The van der Waals surface area contributed by atoms with Gasteiger partial charge in [0.15, 0.2) is 0 Å². The van der Waals surface area contributed by atoms with Crippen LogP contribution in [-0.2, 0) is 14.2 Å². The smallest absolute Gasteiger partial charge is 0.414 e. The molecule has 0 spiro atoms. The Labute approximate surface area is 288 Å². The number of hydrogen-bond acceptors (Lipinski definition) is 9. The molecule has 1 heterocycles. The summed E-state index contributed by atoms with van der Waals surface area (Å²) in [4.78, 5) is 60.7. The van der Waals surface area contributed by atoms with E-state index < -0.39 is 35.1 Å². The molecular weight excluding hydrogens is 618 g/mol. The zero-order valence-corrected chi connectivity index (χ0v) is 31.0. The Hall–Kier alpha value is -3.58. The molecule has 0 aliphatic carbocycles. The van der Waals surface area contributed by atoms with Gasteiger partial charge in [-0.15, -0.1) is 0 Å². The van der Waals surface area contributed by atoms with Crippen LogP contribution < -0.4 is 21.3 Å². The zero-order valence-electron chi connectivity index (χ0n) is 31.0. The molecule has 14 nitrogen and oxygen atoms in total. The standard InChI is InChI=1S/C34H63N7O7/c1-32(2,3)46-29(43)38-26-35-22-18-14-10-12-16-20-24-41(28(42)37-26)25-21-17-13-11-15-19-23-36-27(39-30(44)47-33(4,5)6)40-31(45)48-34(7,8)9/h10-25H2,1-9H3,(H2,35,37,38,42,43)(H2,36,39,40,44,45). The third kappa shape index (κ3) is 23.7. The number of unbranched alkanes of at least 4 members (excludes halogenated alkanes) is 5. The Morgan fingerprint density at radius 3 is 1.75 bits per heavy atom. The van der Waals surface area contributed by atoms with E-state index >= 15 is 0 Å². The Morgan fingerprint density at radius 1 is 0.708 bits per heavy atom. The minimum Gasteiger partial charge on any atom is -0.444 e. The van der Waals surface area contributed by atoms with Crippen molar-refractivity contribution in [3.8, 4) is 0 Å². The SMILES string of the molecule is CC(C)(C)OC(=O)NC(=NCCCCCCCCN1CCCCCCCCN=C(NC(=O)OC(C)(C)C)NC1=O)NC(=O)OC(C)(C)C. The molecule has 48 heavy (non-hydrogen) atoms. The molecule has 0 atom stereocenters. The highest BCUT2D eigenvalue weighted by Crippen LogP contribution is 2.12. The molecule has 4 N–H and O–H groups in total. The molecule has 0 unspecified atom stereocenters. The van der Waals surface area contributed by atoms with Crippen LogP contribution >= 0.6 is 0 Å². The van der Waals surface area contributed by atoms with Crippen molar-refractivity contribution >= 4 is 36.2 Å². The van der Waals surface area contributed by atoms with Crippen LogP contribution in [-0.4, -0.2) is 84.1 Å². The summed E-state index contributed by atoms with van der Waals surface area (Å²) in [5.41, 5.74) is -2.08. The lowest BCUT2D eigenvalue weighted by Crippen LogP contribution is -2.50. The predicted octanol–water partition coefficient (Wildman–Crippen LogP) is 6.98. The number of guanidine groups is 2. The average molecular weight is 682 g/mol. The molecular formula is C34H63N7O7. The van der Waals surface area contributed by atoms with Crippen molar-refractivity contribution in [2.24, 2.45) is 9.98 Å². The van der Waals surface area contributed by atoms with Gasteiger partial charge in [0.2, 0.25) is 11.9 Å². The van der Waals surface area contributed by atoms with Crippen molar-refractivity contribution in [2.45, 2.75) is 156 Å². The van der Waals surface area contributed by atoms with Gasteiger partial charge in [0, 0.05) is 26.2 Å². The number of rotatable bonds is 9. The molecule has 1 aliphatic heterocycles. The highest BCUT2D eigenvalue weighted by atomic mass is 16.6. The lowest BCUT2D eigenvalue weighted by molar-refractivity contribution is 0.0534. The Morgan fingerprint density at radius 2 is 1.19 bits per heavy atom. The molecule has 0 aromatic carbocycles. The van der Waals surface area contributed by atoms with Gasteiger partial charge in [0.05, 0.1) is 0 Å². The summed E-state index contributed by atoms with van der Waals surface area (Å²) in [6, 6.07) is -0.280. The van der Waals surface area contributed by atoms with Crippen molar-refractivity contribution in [3.05, 3.63) is 0 Å². The molecule has 5 amide bonds. The van der Waals surface area contributed by atoms with Gasteiger partial charge in [-0.3, -0.25) is 31.3 Å². The minimum absolute atomic E-state index is 0.0204. The van der Waals surface area contributed by atoms with Crippen molar-refractivity contribution in [1.82, 2.24) is 26.2 Å². The fourth-order valence-corrected chi connectivity index (χ4v) is 4.54. The average Bonchev–Trinajstić information content (AvgIpc) is 2.91. The largest absolute Gasteiger partial charge is 0.444 e. The number of nitrogens with one attached hydrogen (secondary N) is 4. The van der Waals surface area contributed by atoms with E-state index in [4.69, 9.17) is 14.2 Å². The third-order valence-corrected chi connectivity index (χ3v) is 6.58. The molecule has 0 radical (unpaired) electrons. The summed E-state index contributed by atoms with van der Waals surface area (Å²) < 4.78 is 15.9. The third-order valence-electron chi connectivity index (χ3n) is 6.58. The number of urea groups is 1. The first-order chi connectivity index (χ1) is 22.3. The zero-order chi connectivity index (χ0) is 36.2. The number of amides is 5. The fourth-order valence-electron chi connectivity index (χ4n) is 4.54. The van der Waals surface area contributed by atoms with Crippen LogP contribution in [0.3, 0.4) is 0 Å². The van der Waals surface area contributed by atoms with Crippen LogP contribution in [0.5, 0.6) is 0 Å². The molecule has 1 rings (SSSR count). The lowest BCUT2D eigenvalue weighted by Gasteiger charge is -2.24. The molecule has 276 valence electrons. The molecule has 0 bridgehead atoms. The first kappa shape index (κ1) is 42.4. The molecule has 14 heteroatoms. The molecule has 0 aromatic rings. The fraction of sp³-hybridized carbons (Fsp3) is 0.824. The summed E-state index contributed by atoms with van der Waals surface area (Å²) in [5, 5.41) is 10.4. The van der Waals surface area contributed by atoms with Crippen LogP contribution in [0.2, 0.25) is 0 Å². The number of ether oxygens (including phenoxy) is 3. The van der Waals surface area contributed by atoms with E-state index in [1.165, 1.54) is 0 Å². The monoisotopic (exact) mass is 681 g/mol. The second-order valence-corrected chi connectivity index (χ2v) is 15.0. The van der Waals surface area contributed by atoms with Crippen LogP contribution in [0.25, 0.3) is 0 Å². The number of aliphatic imine (C=N–C) groups is 2. The number of nitrogens with zero attached hydrogens (tertiary/aromatic N) is 3. The van der Waals surface area contributed by atoms with Gasteiger partial charge in [0.25, 0.3) is 0 Å². The van der Waals surface area contributed by atoms with Gasteiger partial charge in [-0.25, -0.2) is 19.2 Å². The van der Waals surface area contributed by atoms with Gasteiger partial charge in [0.1, 0.15) is 16.8 Å². The summed E-state index contributed by atoms with van der Waals surface area (Å²) in [7, 11) is 0. The molecule has 0 saturated carbocycles. The summed E-state index contributed by atoms with van der Waals surface area (Å²) in [6.07, 6.45) is 9.54. The highest BCUT2D eigenvalue weighted by molar-refractivity contribution is 6.03. The Kier molecular flexibility index (Phi) is 18.9. The summed E-state index contributed by atoms with van der Waals surface area (Å²) >= 11 is 0. The first-order valence-corrected chi connectivity index (χ1v) is 17.5. The maximum Gasteiger partial charge on any atom is 0.414 e. The van der Waals surface area contributed by atoms with Crippen LogP contribution in [0, 0.1) is 0 Å². The van der Waals surface area contributed by atoms with Gasteiger partial charge < -0.3 is 19.1 Å². The molecule has 1 aliphatic rings. The van der Waals surface area contributed by atoms with Gasteiger partial charge in [-0.2, -0.15) is 0 Å².